The van der Waals surface area contributed by atoms with E-state index in [1.807, 2.05) is 25.8 Å². The number of hydrogen-bond acceptors (Lipinski definition) is 14. The van der Waals surface area contributed by atoms with Gasteiger partial charge in [-0.2, -0.15) is 0 Å². The first-order valence-corrected chi connectivity index (χ1v) is 23.8. The monoisotopic (exact) mass is 897 g/mol. The van der Waals surface area contributed by atoms with E-state index in [1.54, 1.807) is 7.11 Å². The van der Waals surface area contributed by atoms with Crippen LogP contribution in [0, 0.1) is 22.7 Å². The van der Waals surface area contributed by atoms with Gasteiger partial charge in [-0.05, 0) is 86.4 Å². The second-order valence-corrected chi connectivity index (χ2v) is 20.3. The van der Waals surface area contributed by atoms with Crippen molar-refractivity contribution in [3.63, 3.8) is 0 Å². The number of hydrogen-bond donors (Lipinski definition) is 3. The number of carbonyl (C=O) groups is 3. The van der Waals surface area contributed by atoms with Gasteiger partial charge in [0.1, 0.15) is 5.41 Å². The minimum absolute atomic E-state index is 0.0886. The van der Waals surface area contributed by atoms with E-state index in [1.165, 1.54) is 21.1 Å². The van der Waals surface area contributed by atoms with Gasteiger partial charge in [0.2, 0.25) is 5.60 Å². The number of esters is 3. The molecule has 15 nitrogen and oxygen atoms in total. The summed E-state index contributed by atoms with van der Waals surface area (Å²) in [6, 6.07) is 5.31. The van der Waals surface area contributed by atoms with Crippen molar-refractivity contribution in [1.29, 1.82) is 0 Å². The Morgan fingerprint density at radius 1 is 0.954 bits per heavy atom. The van der Waals surface area contributed by atoms with Crippen molar-refractivity contribution < 1.29 is 48.3 Å². The van der Waals surface area contributed by atoms with E-state index in [0.717, 1.165) is 52.2 Å². The van der Waals surface area contributed by atoms with Gasteiger partial charge >= 0.3 is 17.9 Å². The molecule has 2 aliphatic carbocycles. The molecule has 12 atom stereocenters. The highest BCUT2D eigenvalue weighted by Crippen LogP contribution is 2.70. The Morgan fingerprint density at radius 3 is 2.42 bits per heavy atom. The lowest BCUT2D eigenvalue weighted by molar-refractivity contribution is -0.243. The minimum Gasteiger partial charge on any atom is -0.468 e. The number of rotatable bonds is 8. The molecule has 0 radical (unpaired) electrons. The van der Waals surface area contributed by atoms with Crippen LogP contribution in [0.25, 0.3) is 10.9 Å². The Labute approximate surface area is 381 Å². The first kappa shape index (κ1) is 44.6. The van der Waals surface area contributed by atoms with Gasteiger partial charge in [-0.3, -0.25) is 19.4 Å². The maximum atomic E-state index is 15.6. The van der Waals surface area contributed by atoms with Crippen molar-refractivity contribution >= 4 is 34.5 Å². The molecule has 2 bridgehead atoms. The van der Waals surface area contributed by atoms with Crippen LogP contribution >= 0.6 is 0 Å². The normalized spacial score (nSPS) is 39.7. The van der Waals surface area contributed by atoms with Crippen molar-refractivity contribution in [2.24, 2.45) is 22.7 Å². The average Bonchev–Trinajstić information content (AvgIpc) is 3.97. The Balaban J connectivity index is 1.24. The first-order valence-electron chi connectivity index (χ1n) is 23.8. The fourth-order valence-electron chi connectivity index (χ4n) is 15.0. The largest absolute Gasteiger partial charge is 0.468 e. The summed E-state index contributed by atoms with van der Waals surface area (Å²) in [5.74, 6) is -2.58. The van der Waals surface area contributed by atoms with Crippen molar-refractivity contribution in [2.75, 3.05) is 92.3 Å². The van der Waals surface area contributed by atoms with Crippen LogP contribution in [0.3, 0.4) is 0 Å². The minimum atomic E-state index is -2.30. The zero-order valence-corrected chi connectivity index (χ0v) is 39.1. The van der Waals surface area contributed by atoms with Crippen LogP contribution in [-0.2, 0) is 49.9 Å². The van der Waals surface area contributed by atoms with Gasteiger partial charge in [0.15, 0.2) is 6.10 Å². The molecule has 4 saturated heterocycles. The molecular formula is C50H67N5O10. The third kappa shape index (κ3) is 6.17. The topological polar surface area (TPSA) is 167 Å². The summed E-state index contributed by atoms with van der Waals surface area (Å²) in [5.41, 5.74) is -0.858. The second-order valence-electron chi connectivity index (χ2n) is 20.3. The highest BCUT2D eigenvalue weighted by molar-refractivity contribution is 5.93. The van der Waals surface area contributed by atoms with Crippen molar-refractivity contribution in [2.45, 2.75) is 100 Å². The fraction of sp³-hybridized carbons (Fsp3) is 0.660. The quantitative estimate of drug-likeness (QED) is 0.200. The average molecular weight is 898 g/mol. The molecule has 65 heavy (non-hydrogen) atoms. The van der Waals surface area contributed by atoms with Gasteiger partial charge < -0.3 is 48.7 Å². The zero-order chi connectivity index (χ0) is 45.8. The van der Waals surface area contributed by atoms with E-state index in [-0.39, 0.29) is 17.9 Å². The molecule has 1 spiro atoms. The molecule has 1 aromatic heterocycles. The summed E-state index contributed by atoms with van der Waals surface area (Å²) >= 11 is 0. The molecule has 8 aliphatic rings. The van der Waals surface area contributed by atoms with Gasteiger partial charge in [0.25, 0.3) is 0 Å². The zero-order valence-electron chi connectivity index (χ0n) is 39.1. The number of ether oxygens (including phenoxy) is 5. The number of likely N-dealkylation sites (N-methyl/N-ethyl adjacent to an activating group) is 1. The molecule has 10 rings (SSSR count). The first-order chi connectivity index (χ1) is 31.2. The van der Waals surface area contributed by atoms with Gasteiger partial charge in [0.05, 0.1) is 45.2 Å². The number of fused-ring (bicyclic) bond motifs is 6. The predicted octanol–water partition coefficient (Wildman–Crippen LogP) is 3.47. The number of benzene rings is 1. The summed E-state index contributed by atoms with van der Waals surface area (Å²) in [4.78, 5) is 56.3. The van der Waals surface area contributed by atoms with E-state index in [2.05, 4.69) is 62.2 Å². The molecule has 6 aliphatic heterocycles. The van der Waals surface area contributed by atoms with Crippen LogP contribution in [0.2, 0.25) is 0 Å². The van der Waals surface area contributed by atoms with Gasteiger partial charge in [-0.1, -0.05) is 32.1 Å². The van der Waals surface area contributed by atoms with Crippen LogP contribution in [0.15, 0.2) is 53.8 Å². The maximum absolute atomic E-state index is 15.6. The SMILES string of the molecule is CC[C@]1(O)C[C@H]2CN(CCc3c([nH]c4ccc(N5CCOCC5)cc34)[C@@](C(=O)OC)(C3C=C4C(=CC3OC)N(C)[C@H]3[C@@](O)(C(=O)OC)[C@H](OC(C)=O)[C@]5(CC)C=CCN6CC[C@]43[C@@H]65)C2)C1. The molecule has 2 aromatic rings. The van der Waals surface area contributed by atoms with Gasteiger partial charge in [0, 0.05) is 111 Å². The van der Waals surface area contributed by atoms with Crippen molar-refractivity contribution in [3.05, 3.63) is 65.0 Å². The molecule has 352 valence electrons. The number of nitrogens with zero attached hydrogens (tertiary/aromatic N) is 4. The Morgan fingerprint density at radius 2 is 1.72 bits per heavy atom. The Hall–Kier alpha value is -4.25. The maximum Gasteiger partial charge on any atom is 0.344 e. The third-order valence-corrected chi connectivity index (χ3v) is 17.5. The number of H-pyrrole nitrogens is 1. The van der Waals surface area contributed by atoms with Crippen molar-refractivity contribution in [3.8, 4) is 0 Å². The molecule has 1 saturated carbocycles. The van der Waals surface area contributed by atoms with Gasteiger partial charge in [-0.15, -0.1) is 0 Å². The summed E-state index contributed by atoms with van der Waals surface area (Å²) in [7, 11) is 6.29. The summed E-state index contributed by atoms with van der Waals surface area (Å²) < 4.78 is 30.1. The highest BCUT2D eigenvalue weighted by Gasteiger charge is 2.81. The molecule has 1 aromatic carbocycles. The standard InChI is InChI=1S/C50H67N5O10/c1-8-46(59)26-31-27-49(44(57)62-6,40-33(13-17-53(28-31)29-46)34-23-32(11-12-37(34)51-40)54-19-21-64-22-20-54)36-24-35-38(25-39(36)61-5)52(4)42-48(35)15-18-55-16-10-14-47(9-2,41(48)55)43(65-30(3)56)50(42,60)45(58)63-7/h10-12,14,23-25,31,36,39,41-43,51,59-60H,8-9,13,15-22,26-29H2,1-7H3/t31-,36?,39?,41+,42-,43-,46+,47-,48-,49+,50+/m1/s1. The predicted molar refractivity (Wildman–Crippen MR) is 242 cm³/mol. The number of aliphatic hydroxyl groups is 2. The third-order valence-electron chi connectivity index (χ3n) is 17.5. The molecule has 15 heteroatoms. The van der Waals surface area contributed by atoms with Crippen molar-refractivity contribution in [1.82, 2.24) is 19.7 Å². The number of aromatic nitrogens is 1. The molecule has 3 unspecified atom stereocenters. The number of methoxy groups -OCH3 is 3. The fourth-order valence-corrected chi connectivity index (χ4v) is 15.0. The Bertz CT molecular complexity index is 2360. The number of aromatic amines is 1. The number of nitrogens with one attached hydrogen (secondary N) is 1. The molecule has 7 heterocycles. The van der Waals surface area contributed by atoms with Gasteiger partial charge in [-0.25, -0.2) is 4.79 Å². The highest BCUT2D eigenvalue weighted by atomic mass is 16.6. The number of piperidine rings is 1. The Kier molecular flexibility index (Phi) is 10.9. The number of likely N-dealkylation sites (tertiary alicyclic amines) is 1. The molecule has 0 amide bonds. The van der Waals surface area contributed by atoms with Crippen LogP contribution in [0.4, 0.5) is 5.69 Å². The number of allylic oxidation sites excluding steroid dienone is 1. The van der Waals surface area contributed by atoms with Crippen LogP contribution in [-0.4, -0.2) is 171 Å². The second kappa shape index (κ2) is 15.9. The van der Waals surface area contributed by atoms with E-state index >= 15 is 4.79 Å². The number of morpholine rings is 1. The molecule has 5 fully saturated rings. The summed E-state index contributed by atoms with van der Waals surface area (Å²) in [5, 5.41) is 26.7. The summed E-state index contributed by atoms with van der Waals surface area (Å²) in [6.07, 6.45) is 9.69. The number of carbonyl (C=O) groups excluding carboxylic acids is 3. The van der Waals surface area contributed by atoms with E-state index < -0.39 is 63.6 Å². The lowest BCUT2D eigenvalue weighted by Gasteiger charge is -2.63. The smallest absolute Gasteiger partial charge is 0.344 e. The number of anilines is 1. The lowest BCUT2D eigenvalue weighted by Crippen LogP contribution is -2.79. The molecular weight excluding hydrogens is 831 g/mol. The summed E-state index contributed by atoms with van der Waals surface area (Å²) in [6.45, 7) is 11.6. The van der Waals surface area contributed by atoms with E-state index in [9.17, 15) is 19.8 Å². The van der Waals surface area contributed by atoms with E-state index in [0.29, 0.717) is 84.5 Å². The van der Waals surface area contributed by atoms with Crippen LogP contribution in [0.5, 0.6) is 0 Å². The van der Waals surface area contributed by atoms with Crippen LogP contribution < -0.4 is 4.90 Å². The van der Waals surface area contributed by atoms with E-state index in [4.69, 9.17) is 23.7 Å². The molecule has 3 N–H and O–H groups in total. The lowest BCUT2D eigenvalue weighted by atomic mass is 9.47. The van der Waals surface area contributed by atoms with Crippen LogP contribution in [0.1, 0.15) is 64.1 Å².